The molecule has 3 heteroatoms. The Morgan fingerprint density at radius 1 is 1.22 bits per heavy atom. The summed E-state index contributed by atoms with van der Waals surface area (Å²) in [5, 5.41) is 3.71. The van der Waals surface area contributed by atoms with Crippen LogP contribution in [0.4, 0.5) is 0 Å². The molecule has 0 aliphatic carbocycles. The van der Waals surface area contributed by atoms with Gasteiger partial charge in [0.15, 0.2) is 0 Å². The van der Waals surface area contributed by atoms with Crippen molar-refractivity contribution < 1.29 is 4.74 Å². The second-order valence-electron chi connectivity index (χ2n) is 5.23. The van der Waals surface area contributed by atoms with Crippen LogP contribution in [0.25, 0.3) is 0 Å². The number of nitrogens with one attached hydrogen (secondary N) is 1. The van der Waals surface area contributed by atoms with E-state index in [1.165, 1.54) is 35.5 Å². The smallest absolute Gasteiger partial charge is 0.0721 e. The van der Waals surface area contributed by atoms with E-state index < -0.39 is 0 Å². The molecule has 98 valence electrons. The Hall–Kier alpha value is -0.510. The van der Waals surface area contributed by atoms with Crippen molar-refractivity contribution >= 4 is 11.8 Å². The first-order valence-electron chi connectivity index (χ1n) is 6.90. The van der Waals surface area contributed by atoms with Crippen LogP contribution in [-0.4, -0.2) is 24.7 Å². The second kappa shape index (κ2) is 6.09. The third kappa shape index (κ3) is 2.90. The summed E-state index contributed by atoms with van der Waals surface area (Å²) < 4.78 is 5.68. The van der Waals surface area contributed by atoms with Gasteiger partial charge in [0.05, 0.1) is 19.3 Å². The van der Waals surface area contributed by atoms with E-state index in [1.807, 2.05) is 0 Å². The summed E-state index contributed by atoms with van der Waals surface area (Å²) in [4.78, 5) is 0. The monoisotopic (exact) mass is 263 g/mol. The molecule has 3 rings (SSSR count). The molecule has 0 radical (unpaired) electrons. The van der Waals surface area contributed by atoms with Crippen LogP contribution >= 0.6 is 11.8 Å². The molecule has 2 aliphatic rings. The van der Waals surface area contributed by atoms with Gasteiger partial charge in [-0.2, -0.15) is 11.8 Å². The quantitative estimate of drug-likeness (QED) is 0.906. The Labute approximate surface area is 113 Å². The maximum absolute atomic E-state index is 5.68. The lowest BCUT2D eigenvalue weighted by molar-refractivity contribution is 0.0807. The van der Waals surface area contributed by atoms with E-state index in [2.05, 4.69) is 41.3 Å². The molecule has 2 nitrogen and oxygen atoms in total. The van der Waals surface area contributed by atoms with Crippen molar-refractivity contribution in [2.75, 3.05) is 24.7 Å². The van der Waals surface area contributed by atoms with E-state index >= 15 is 0 Å². The van der Waals surface area contributed by atoms with Gasteiger partial charge in [0.1, 0.15) is 0 Å². The summed E-state index contributed by atoms with van der Waals surface area (Å²) in [6.07, 6.45) is 2.74. The average Bonchev–Trinajstić information content (AvgIpc) is 2.46. The Kier molecular flexibility index (Phi) is 4.24. The maximum atomic E-state index is 5.68. The fraction of sp³-hybridized carbons (Fsp3) is 0.600. The zero-order valence-electron chi connectivity index (χ0n) is 10.7. The van der Waals surface area contributed by atoms with Crippen LogP contribution in [0.3, 0.4) is 0 Å². The van der Waals surface area contributed by atoms with Gasteiger partial charge in [0.2, 0.25) is 0 Å². The van der Waals surface area contributed by atoms with E-state index in [0.717, 1.165) is 25.7 Å². The summed E-state index contributed by atoms with van der Waals surface area (Å²) in [6, 6.07) is 9.05. The molecule has 2 heterocycles. The van der Waals surface area contributed by atoms with Crippen LogP contribution < -0.4 is 5.32 Å². The highest BCUT2D eigenvalue weighted by Gasteiger charge is 2.21. The molecule has 1 aromatic rings. The second-order valence-corrected chi connectivity index (χ2v) is 6.46. The van der Waals surface area contributed by atoms with E-state index in [9.17, 15) is 0 Å². The predicted molar refractivity (Wildman–Crippen MR) is 76.9 cm³/mol. The molecule has 0 amide bonds. The van der Waals surface area contributed by atoms with Crippen LogP contribution in [0.1, 0.15) is 30.0 Å². The van der Waals surface area contributed by atoms with E-state index in [0.29, 0.717) is 6.04 Å². The highest BCUT2D eigenvalue weighted by molar-refractivity contribution is 7.99. The van der Waals surface area contributed by atoms with Gasteiger partial charge in [-0.3, -0.25) is 0 Å². The lowest BCUT2D eigenvalue weighted by atomic mass is 9.97. The SMILES string of the molecule is c1ccc2c(c1)COCC2NCC1CCSCC1. The van der Waals surface area contributed by atoms with Crippen LogP contribution in [0.2, 0.25) is 0 Å². The van der Waals surface area contributed by atoms with Crippen molar-refractivity contribution in [1.29, 1.82) is 0 Å². The predicted octanol–water partition coefficient (Wildman–Crippen LogP) is 2.99. The molecule has 0 aromatic heterocycles. The molecule has 0 spiro atoms. The van der Waals surface area contributed by atoms with Crippen molar-refractivity contribution in [3.63, 3.8) is 0 Å². The topological polar surface area (TPSA) is 21.3 Å². The summed E-state index contributed by atoms with van der Waals surface area (Å²) in [7, 11) is 0. The van der Waals surface area contributed by atoms with Gasteiger partial charge in [-0.25, -0.2) is 0 Å². The van der Waals surface area contributed by atoms with Crippen molar-refractivity contribution in [1.82, 2.24) is 5.32 Å². The van der Waals surface area contributed by atoms with Crippen LogP contribution in [0.15, 0.2) is 24.3 Å². The maximum Gasteiger partial charge on any atom is 0.0721 e. The van der Waals surface area contributed by atoms with Gasteiger partial charge >= 0.3 is 0 Å². The summed E-state index contributed by atoms with van der Waals surface area (Å²) >= 11 is 2.10. The van der Waals surface area contributed by atoms with Crippen molar-refractivity contribution in [3.05, 3.63) is 35.4 Å². The fourth-order valence-corrected chi connectivity index (χ4v) is 4.01. The normalized spacial score (nSPS) is 24.8. The molecule has 0 bridgehead atoms. The molecule has 2 aliphatic heterocycles. The molecule has 18 heavy (non-hydrogen) atoms. The first kappa shape index (κ1) is 12.5. The zero-order chi connectivity index (χ0) is 12.2. The molecular formula is C15H21NOS. The fourth-order valence-electron chi connectivity index (χ4n) is 2.81. The third-order valence-electron chi connectivity index (χ3n) is 3.97. The molecule has 1 N–H and O–H groups in total. The first-order chi connectivity index (χ1) is 8.93. The van der Waals surface area contributed by atoms with Gasteiger partial charge in [-0.1, -0.05) is 24.3 Å². The lowest BCUT2D eigenvalue weighted by Crippen LogP contribution is -2.34. The minimum absolute atomic E-state index is 0.393. The van der Waals surface area contributed by atoms with E-state index in [-0.39, 0.29) is 0 Å². The van der Waals surface area contributed by atoms with Crippen LogP contribution in [0.5, 0.6) is 0 Å². The number of rotatable bonds is 3. The summed E-state index contributed by atoms with van der Waals surface area (Å²) in [6.45, 7) is 2.73. The Morgan fingerprint density at radius 3 is 2.94 bits per heavy atom. The number of ether oxygens (including phenoxy) is 1. The van der Waals surface area contributed by atoms with Gasteiger partial charge in [0, 0.05) is 0 Å². The van der Waals surface area contributed by atoms with E-state index in [1.54, 1.807) is 0 Å². The van der Waals surface area contributed by atoms with Gasteiger partial charge in [0.25, 0.3) is 0 Å². The van der Waals surface area contributed by atoms with Crippen molar-refractivity contribution in [2.24, 2.45) is 5.92 Å². The summed E-state index contributed by atoms with van der Waals surface area (Å²) in [5.74, 6) is 3.54. The average molecular weight is 263 g/mol. The largest absolute Gasteiger partial charge is 0.375 e. The number of hydrogen-bond acceptors (Lipinski definition) is 3. The highest BCUT2D eigenvalue weighted by Crippen LogP contribution is 2.26. The van der Waals surface area contributed by atoms with Gasteiger partial charge in [-0.05, 0) is 47.9 Å². The van der Waals surface area contributed by atoms with Gasteiger partial charge < -0.3 is 10.1 Å². The molecular weight excluding hydrogens is 242 g/mol. The van der Waals surface area contributed by atoms with Crippen molar-refractivity contribution in [2.45, 2.75) is 25.5 Å². The van der Waals surface area contributed by atoms with Crippen molar-refractivity contribution in [3.8, 4) is 0 Å². The highest BCUT2D eigenvalue weighted by atomic mass is 32.2. The Morgan fingerprint density at radius 2 is 2.06 bits per heavy atom. The lowest BCUT2D eigenvalue weighted by Gasteiger charge is -2.29. The Balaban J connectivity index is 1.60. The third-order valence-corrected chi connectivity index (χ3v) is 5.02. The first-order valence-corrected chi connectivity index (χ1v) is 8.05. The molecule has 1 aromatic carbocycles. The Bertz CT molecular complexity index is 390. The number of thioether (sulfide) groups is 1. The van der Waals surface area contributed by atoms with E-state index in [4.69, 9.17) is 4.74 Å². The molecule has 0 saturated carbocycles. The molecule has 1 atom stereocenters. The number of fused-ring (bicyclic) bond motifs is 1. The molecule has 1 saturated heterocycles. The zero-order valence-corrected chi connectivity index (χ0v) is 11.5. The van der Waals surface area contributed by atoms with Crippen LogP contribution in [-0.2, 0) is 11.3 Å². The van der Waals surface area contributed by atoms with Gasteiger partial charge in [-0.15, -0.1) is 0 Å². The number of benzene rings is 1. The molecule has 1 unspecified atom stereocenters. The standard InChI is InChI=1S/C15H21NOS/c1-2-4-14-13(3-1)10-17-11-15(14)16-9-12-5-7-18-8-6-12/h1-4,12,15-16H,5-11H2. The minimum atomic E-state index is 0.393. The molecule has 1 fully saturated rings. The summed E-state index contributed by atoms with van der Waals surface area (Å²) in [5.41, 5.74) is 2.79. The van der Waals surface area contributed by atoms with Crippen LogP contribution in [0, 0.1) is 5.92 Å². The minimum Gasteiger partial charge on any atom is -0.375 e. The number of hydrogen-bond donors (Lipinski definition) is 1.